The van der Waals surface area contributed by atoms with Crippen LogP contribution in [0.5, 0.6) is 5.75 Å². The fourth-order valence-corrected chi connectivity index (χ4v) is 3.25. The van der Waals surface area contributed by atoms with E-state index in [0.717, 1.165) is 17.4 Å². The van der Waals surface area contributed by atoms with Gasteiger partial charge in [0.25, 0.3) is 0 Å². The molecule has 0 amide bonds. The number of aryl methyl sites for hydroxylation is 1. The number of hydrogen-bond donors (Lipinski definition) is 2. The van der Waals surface area contributed by atoms with Crippen molar-refractivity contribution in [3.8, 4) is 17.0 Å². The first kappa shape index (κ1) is 19.3. The molecule has 1 aromatic heterocycles. The van der Waals surface area contributed by atoms with Crippen molar-refractivity contribution in [3.05, 3.63) is 35.4 Å². The Morgan fingerprint density at radius 2 is 2.11 bits per heavy atom. The summed E-state index contributed by atoms with van der Waals surface area (Å²) in [4.78, 5) is 11.1. The molecule has 0 spiro atoms. The van der Waals surface area contributed by atoms with E-state index < -0.39 is 5.60 Å². The molecule has 0 radical (unpaired) electrons. The third-order valence-corrected chi connectivity index (χ3v) is 4.61. The van der Waals surface area contributed by atoms with Gasteiger partial charge in [-0.3, -0.25) is 4.79 Å². The van der Waals surface area contributed by atoms with E-state index in [1.54, 1.807) is 18.2 Å². The molecule has 2 N–H and O–H groups in total. The van der Waals surface area contributed by atoms with Crippen LogP contribution in [0.15, 0.2) is 24.3 Å². The van der Waals surface area contributed by atoms with Crippen molar-refractivity contribution in [1.29, 1.82) is 0 Å². The van der Waals surface area contributed by atoms with Gasteiger partial charge in [-0.2, -0.15) is 0 Å². The molecule has 1 aliphatic rings. The van der Waals surface area contributed by atoms with Crippen LogP contribution >= 0.6 is 0 Å². The maximum atomic E-state index is 11.1. The summed E-state index contributed by atoms with van der Waals surface area (Å²) in [6.45, 7) is 6.30. The van der Waals surface area contributed by atoms with Crippen LogP contribution in [0.25, 0.3) is 11.3 Å². The summed E-state index contributed by atoms with van der Waals surface area (Å²) >= 11 is 0. The molecule has 7 heteroatoms. The van der Waals surface area contributed by atoms with Crippen molar-refractivity contribution in [2.24, 2.45) is 0 Å². The second-order valence-electron chi connectivity index (χ2n) is 7.14. The Labute approximate surface area is 158 Å². The van der Waals surface area contributed by atoms with E-state index in [1.165, 1.54) is 0 Å². The molecule has 7 nitrogen and oxygen atoms in total. The molecule has 0 saturated heterocycles. The standard InChI is InChI=1S/C20H25N3O4/c1-4-26-12-27-17-8-14(11-24)5-6-16(17)19-13(2)7-18(22-23-19)21-15-9-20(3,25)10-15/h5-8,11,15,25H,4,9-10,12H2,1-3H3,(H,21,22). The lowest BCUT2D eigenvalue weighted by molar-refractivity contribution is -0.0235. The van der Waals surface area contributed by atoms with E-state index in [1.807, 2.05) is 26.8 Å². The van der Waals surface area contributed by atoms with Gasteiger partial charge in [0.1, 0.15) is 17.9 Å². The normalized spacial score (nSPS) is 21.4. The van der Waals surface area contributed by atoms with Crippen molar-refractivity contribution in [2.45, 2.75) is 45.3 Å². The van der Waals surface area contributed by atoms with Gasteiger partial charge in [-0.1, -0.05) is 6.07 Å². The highest BCUT2D eigenvalue weighted by Gasteiger charge is 2.38. The fraction of sp³-hybridized carbons (Fsp3) is 0.450. The van der Waals surface area contributed by atoms with E-state index in [4.69, 9.17) is 9.47 Å². The minimum absolute atomic E-state index is 0.0968. The SMILES string of the molecule is CCOCOc1cc(C=O)ccc1-c1nnc(NC2CC(C)(O)C2)cc1C. The molecule has 2 aromatic rings. The van der Waals surface area contributed by atoms with Crippen LogP contribution in [-0.2, 0) is 4.74 Å². The Hall–Kier alpha value is -2.51. The van der Waals surface area contributed by atoms with Crippen LogP contribution in [0, 0.1) is 6.92 Å². The fourth-order valence-electron chi connectivity index (χ4n) is 3.25. The first-order valence-corrected chi connectivity index (χ1v) is 9.05. The maximum absolute atomic E-state index is 11.1. The lowest BCUT2D eigenvalue weighted by Gasteiger charge is -2.41. The molecule has 27 heavy (non-hydrogen) atoms. The van der Waals surface area contributed by atoms with E-state index in [-0.39, 0.29) is 12.8 Å². The Bertz CT molecular complexity index is 815. The topological polar surface area (TPSA) is 93.6 Å². The number of carbonyl (C=O) groups excluding carboxylic acids is 1. The molecule has 1 aliphatic carbocycles. The van der Waals surface area contributed by atoms with Gasteiger partial charge in [0, 0.05) is 23.8 Å². The van der Waals surface area contributed by atoms with Crippen LogP contribution in [-0.4, -0.2) is 46.6 Å². The number of aldehydes is 1. The Kier molecular flexibility index (Phi) is 5.72. The Morgan fingerprint density at radius 3 is 2.74 bits per heavy atom. The van der Waals surface area contributed by atoms with Gasteiger partial charge in [0.05, 0.1) is 11.3 Å². The summed E-state index contributed by atoms with van der Waals surface area (Å²) in [6, 6.07) is 7.33. The highest BCUT2D eigenvalue weighted by molar-refractivity contribution is 5.80. The van der Waals surface area contributed by atoms with Gasteiger partial charge in [0.15, 0.2) is 6.79 Å². The number of nitrogens with one attached hydrogen (secondary N) is 1. The number of benzene rings is 1. The molecular formula is C20H25N3O4. The monoisotopic (exact) mass is 371 g/mol. The Morgan fingerprint density at radius 1 is 1.33 bits per heavy atom. The number of carbonyl (C=O) groups is 1. The summed E-state index contributed by atoms with van der Waals surface area (Å²) in [7, 11) is 0. The number of aliphatic hydroxyl groups is 1. The number of aromatic nitrogens is 2. The summed E-state index contributed by atoms with van der Waals surface area (Å²) in [5.74, 6) is 1.21. The number of hydrogen-bond acceptors (Lipinski definition) is 7. The first-order valence-electron chi connectivity index (χ1n) is 9.05. The van der Waals surface area contributed by atoms with Crippen molar-refractivity contribution >= 4 is 12.1 Å². The van der Waals surface area contributed by atoms with Gasteiger partial charge < -0.3 is 19.9 Å². The van der Waals surface area contributed by atoms with Gasteiger partial charge >= 0.3 is 0 Å². The predicted octanol–water partition coefficient (Wildman–Crippen LogP) is 2.96. The average Bonchev–Trinajstić information content (AvgIpc) is 2.61. The molecule has 0 aliphatic heterocycles. The highest BCUT2D eigenvalue weighted by atomic mass is 16.7. The third kappa shape index (κ3) is 4.61. The summed E-state index contributed by atoms with van der Waals surface area (Å²) in [5.41, 5.74) is 2.30. The third-order valence-electron chi connectivity index (χ3n) is 4.61. The van der Waals surface area contributed by atoms with Crippen LogP contribution in [0.4, 0.5) is 5.82 Å². The van der Waals surface area contributed by atoms with E-state index >= 15 is 0 Å². The predicted molar refractivity (Wildman–Crippen MR) is 102 cm³/mol. The minimum atomic E-state index is -0.590. The number of ether oxygens (including phenoxy) is 2. The smallest absolute Gasteiger partial charge is 0.189 e. The maximum Gasteiger partial charge on any atom is 0.189 e. The van der Waals surface area contributed by atoms with Gasteiger partial charge in [0.2, 0.25) is 0 Å². The zero-order valence-corrected chi connectivity index (χ0v) is 15.9. The van der Waals surface area contributed by atoms with Gasteiger partial charge in [-0.05, 0) is 57.4 Å². The molecular weight excluding hydrogens is 346 g/mol. The molecule has 1 heterocycles. The number of nitrogens with zero attached hydrogens (tertiary/aromatic N) is 2. The quantitative estimate of drug-likeness (QED) is 0.418. The van der Waals surface area contributed by atoms with Crippen molar-refractivity contribution in [3.63, 3.8) is 0 Å². The summed E-state index contributed by atoms with van der Waals surface area (Å²) < 4.78 is 10.9. The Balaban J connectivity index is 1.81. The average molecular weight is 371 g/mol. The van der Waals surface area contributed by atoms with E-state index in [0.29, 0.717) is 42.3 Å². The molecule has 1 fully saturated rings. The first-order chi connectivity index (χ1) is 12.9. The highest BCUT2D eigenvalue weighted by Crippen LogP contribution is 2.35. The van der Waals surface area contributed by atoms with Gasteiger partial charge in [-0.25, -0.2) is 0 Å². The van der Waals surface area contributed by atoms with Crippen LogP contribution < -0.4 is 10.1 Å². The lowest BCUT2D eigenvalue weighted by Crippen LogP contribution is -2.48. The summed E-state index contributed by atoms with van der Waals surface area (Å²) in [5, 5.41) is 21.8. The van der Waals surface area contributed by atoms with Crippen LogP contribution in [0.1, 0.15) is 42.6 Å². The number of anilines is 1. The minimum Gasteiger partial charge on any atom is -0.467 e. The largest absolute Gasteiger partial charge is 0.467 e. The molecule has 0 unspecified atom stereocenters. The molecule has 3 rings (SSSR count). The lowest BCUT2D eigenvalue weighted by atomic mass is 9.77. The summed E-state index contributed by atoms with van der Waals surface area (Å²) in [6.07, 6.45) is 2.16. The molecule has 144 valence electrons. The molecule has 1 aromatic carbocycles. The van der Waals surface area contributed by atoms with Crippen molar-refractivity contribution in [1.82, 2.24) is 10.2 Å². The van der Waals surface area contributed by atoms with Crippen LogP contribution in [0.3, 0.4) is 0 Å². The van der Waals surface area contributed by atoms with E-state index in [2.05, 4.69) is 15.5 Å². The van der Waals surface area contributed by atoms with Gasteiger partial charge in [-0.15, -0.1) is 10.2 Å². The zero-order chi connectivity index (χ0) is 19.4. The van der Waals surface area contributed by atoms with E-state index in [9.17, 15) is 9.90 Å². The zero-order valence-electron chi connectivity index (χ0n) is 15.9. The van der Waals surface area contributed by atoms with Crippen LogP contribution in [0.2, 0.25) is 0 Å². The number of rotatable bonds is 8. The molecule has 1 saturated carbocycles. The van der Waals surface area contributed by atoms with Crippen molar-refractivity contribution < 1.29 is 19.4 Å². The molecule has 0 atom stereocenters. The van der Waals surface area contributed by atoms with Crippen molar-refractivity contribution in [2.75, 3.05) is 18.7 Å². The molecule has 0 bridgehead atoms. The second kappa shape index (κ2) is 8.02. The second-order valence-corrected chi connectivity index (χ2v) is 7.14.